The topological polar surface area (TPSA) is 81.4 Å². The molecule has 0 aromatic heterocycles. The molecule has 0 unspecified atom stereocenters. The Morgan fingerprint density at radius 2 is 1.88 bits per heavy atom. The maximum absolute atomic E-state index is 11.6. The number of rotatable bonds is 3. The third-order valence-electron chi connectivity index (χ3n) is 1.96. The molecule has 17 heavy (non-hydrogen) atoms. The van der Waals surface area contributed by atoms with Crippen molar-refractivity contribution in [2.24, 2.45) is 0 Å². The van der Waals surface area contributed by atoms with Gasteiger partial charge in [0.15, 0.2) is 0 Å². The lowest BCUT2D eigenvalue weighted by molar-refractivity contribution is 0.131. The molecule has 6 heteroatoms. The first-order chi connectivity index (χ1) is 7.65. The Bertz CT molecular complexity index is 504. The zero-order valence-corrected chi connectivity index (χ0v) is 11.3. The van der Waals surface area contributed by atoms with E-state index in [1.54, 1.807) is 6.07 Å². The monoisotopic (exact) mass is 258 g/mol. The van der Waals surface area contributed by atoms with Gasteiger partial charge in [-0.25, -0.2) is 13.1 Å². The molecule has 0 saturated carbocycles. The van der Waals surface area contributed by atoms with Crippen LogP contribution in [0.25, 0.3) is 0 Å². The van der Waals surface area contributed by atoms with Gasteiger partial charge in [-0.05, 0) is 40.0 Å². The minimum absolute atomic E-state index is 0.0567. The van der Waals surface area contributed by atoms with E-state index in [1.807, 2.05) is 20.8 Å². The van der Waals surface area contributed by atoms with Gasteiger partial charge in [-0.3, -0.25) is 0 Å². The number of nitrogen functional groups attached to an aromatic ring is 1. The van der Waals surface area contributed by atoms with Crippen LogP contribution in [0.15, 0.2) is 23.1 Å². The van der Waals surface area contributed by atoms with Crippen molar-refractivity contribution in [1.82, 2.24) is 4.72 Å². The van der Waals surface area contributed by atoms with E-state index in [-0.39, 0.29) is 16.2 Å². The van der Waals surface area contributed by atoms with Crippen molar-refractivity contribution in [3.8, 4) is 5.75 Å². The third kappa shape index (κ3) is 3.61. The van der Waals surface area contributed by atoms with Crippen molar-refractivity contribution < 1.29 is 13.2 Å². The van der Waals surface area contributed by atoms with Crippen LogP contribution in [0.2, 0.25) is 0 Å². The molecule has 5 nitrogen and oxygen atoms in total. The van der Waals surface area contributed by atoms with Crippen molar-refractivity contribution in [3.63, 3.8) is 0 Å². The molecule has 0 amide bonds. The molecular formula is C11H18N2O3S. The highest BCUT2D eigenvalue weighted by Gasteiger charge is 2.17. The lowest BCUT2D eigenvalue weighted by Crippen LogP contribution is -2.23. The Morgan fingerprint density at radius 3 is 2.29 bits per heavy atom. The first kappa shape index (κ1) is 13.8. The van der Waals surface area contributed by atoms with Crippen molar-refractivity contribution >= 4 is 15.7 Å². The normalized spacial score (nSPS) is 12.5. The lowest BCUT2D eigenvalue weighted by atomic mass is 10.2. The molecule has 0 fully saturated rings. The minimum atomic E-state index is -3.52. The van der Waals surface area contributed by atoms with E-state index in [0.717, 1.165) is 0 Å². The van der Waals surface area contributed by atoms with Crippen LogP contribution >= 0.6 is 0 Å². The van der Waals surface area contributed by atoms with E-state index in [1.165, 1.54) is 19.2 Å². The van der Waals surface area contributed by atoms with Gasteiger partial charge in [0.1, 0.15) is 16.2 Å². The number of anilines is 1. The van der Waals surface area contributed by atoms with Crippen LogP contribution in [0.4, 0.5) is 5.69 Å². The first-order valence-corrected chi connectivity index (χ1v) is 6.66. The maximum atomic E-state index is 11.6. The number of sulfonamides is 1. The average Bonchev–Trinajstić information content (AvgIpc) is 2.14. The molecule has 0 aliphatic rings. The molecule has 1 rings (SSSR count). The smallest absolute Gasteiger partial charge is 0.242 e. The summed E-state index contributed by atoms with van der Waals surface area (Å²) in [5.74, 6) is 0.546. The number of hydrogen-bond donors (Lipinski definition) is 2. The molecule has 0 atom stereocenters. The van der Waals surface area contributed by atoms with Gasteiger partial charge in [0.2, 0.25) is 10.0 Å². The van der Waals surface area contributed by atoms with Crippen molar-refractivity contribution in [1.29, 1.82) is 0 Å². The number of nitrogens with one attached hydrogen (secondary N) is 1. The molecule has 96 valence electrons. The van der Waals surface area contributed by atoms with Gasteiger partial charge >= 0.3 is 0 Å². The van der Waals surface area contributed by atoms with Crippen molar-refractivity contribution in [2.75, 3.05) is 12.8 Å². The molecular weight excluding hydrogens is 240 g/mol. The second kappa shape index (κ2) is 4.54. The predicted molar refractivity (Wildman–Crippen MR) is 67.5 cm³/mol. The minimum Gasteiger partial charge on any atom is -0.488 e. The Kier molecular flexibility index (Phi) is 3.68. The van der Waals surface area contributed by atoms with Gasteiger partial charge in [-0.2, -0.15) is 0 Å². The van der Waals surface area contributed by atoms with Gasteiger partial charge in [0.25, 0.3) is 0 Å². The second-order valence-corrected chi connectivity index (χ2v) is 6.48. The van der Waals surface area contributed by atoms with E-state index < -0.39 is 10.0 Å². The fourth-order valence-corrected chi connectivity index (χ4v) is 2.13. The molecule has 0 saturated heterocycles. The summed E-state index contributed by atoms with van der Waals surface area (Å²) < 4.78 is 31.0. The number of benzene rings is 1. The zero-order valence-electron chi connectivity index (χ0n) is 10.4. The van der Waals surface area contributed by atoms with Crippen LogP contribution in [0.5, 0.6) is 5.75 Å². The fourth-order valence-electron chi connectivity index (χ4n) is 1.30. The quantitative estimate of drug-likeness (QED) is 0.802. The summed E-state index contributed by atoms with van der Waals surface area (Å²) in [6.07, 6.45) is 0. The highest BCUT2D eigenvalue weighted by atomic mass is 32.2. The van der Waals surface area contributed by atoms with Crippen LogP contribution < -0.4 is 15.2 Å². The van der Waals surface area contributed by atoms with Gasteiger partial charge < -0.3 is 10.5 Å². The predicted octanol–water partition coefficient (Wildman–Crippen LogP) is 1.35. The molecule has 1 aromatic rings. The van der Waals surface area contributed by atoms with Crippen LogP contribution in [-0.4, -0.2) is 21.1 Å². The molecule has 0 radical (unpaired) electrons. The van der Waals surface area contributed by atoms with E-state index >= 15 is 0 Å². The van der Waals surface area contributed by atoms with Crippen molar-refractivity contribution in [2.45, 2.75) is 31.3 Å². The molecule has 0 aliphatic heterocycles. The molecule has 0 bridgehead atoms. The molecule has 0 aliphatic carbocycles. The van der Waals surface area contributed by atoms with Gasteiger partial charge in [-0.1, -0.05) is 0 Å². The maximum Gasteiger partial charge on any atom is 0.242 e. The Balaban J connectivity index is 3.11. The second-order valence-electron chi connectivity index (χ2n) is 4.62. The van der Waals surface area contributed by atoms with Gasteiger partial charge in [0.05, 0.1) is 5.69 Å². The van der Waals surface area contributed by atoms with Crippen LogP contribution in [0, 0.1) is 0 Å². The van der Waals surface area contributed by atoms with Crippen LogP contribution in [0.3, 0.4) is 0 Å². The van der Waals surface area contributed by atoms with Crippen LogP contribution in [0.1, 0.15) is 20.8 Å². The Morgan fingerprint density at radius 1 is 1.29 bits per heavy atom. The highest BCUT2D eigenvalue weighted by molar-refractivity contribution is 7.89. The lowest BCUT2D eigenvalue weighted by Gasteiger charge is -2.21. The largest absolute Gasteiger partial charge is 0.488 e. The zero-order chi connectivity index (χ0) is 13.3. The summed E-state index contributed by atoms with van der Waals surface area (Å²) in [7, 11) is -2.18. The summed E-state index contributed by atoms with van der Waals surface area (Å²) in [6.45, 7) is 5.71. The van der Waals surface area contributed by atoms with Gasteiger partial charge in [-0.15, -0.1) is 0 Å². The Hall–Kier alpha value is -1.27. The highest BCUT2D eigenvalue weighted by Crippen LogP contribution is 2.26. The summed E-state index contributed by atoms with van der Waals surface area (Å²) in [4.78, 5) is 0.0567. The summed E-state index contributed by atoms with van der Waals surface area (Å²) in [6, 6.07) is 4.53. The summed E-state index contributed by atoms with van der Waals surface area (Å²) in [5, 5.41) is 0. The Labute approximate surface area is 102 Å². The van der Waals surface area contributed by atoms with Gasteiger partial charge in [0, 0.05) is 6.07 Å². The van der Waals surface area contributed by atoms with E-state index in [4.69, 9.17) is 10.5 Å². The summed E-state index contributed by atoms with van der Waals surface area (Å²) >= 11 is 0. The average molecular weight is 258 g/mol. The number of ether oxygens (including phenoxy) is 1. The SMILES string of the molecule is CNS(=O)(=O)c1ccc(OC(C)(C)C)cc1N. The van der Waals surface area contributed by atoms with E-state index in [9.17, 15) is 8.42 Å². The summed E-state index contributed by atoms with van der Waals surface area (Å²) in [5.41, 5.74) is 5.52. The number of hydrogen-bond acceptors (Lipinski definition) is 4. The first-order valence-electron chi connectivity index (χ1n) is 5.18. The molecule has 1 aromatic carbocycles. The van der Waals surface area contributed by atoms with E-state index in [2.05, 4.69) is 4.72 Å². The molecule has 0 heterocycles. The third-order valence-corrected chi connectivity index (χ3v) is 3.45. The number of nitrogens with two attached hydrogens (primary N) is 1. The van der Waals surface area contributed by atoms with Crippen molar-refractivity contribution in [3.05, 3.63) is 18.2 Å². The fraction of sp³-hybridized carbons (Fsp3) is 0.455. The van der Waals surface area contributed by atoms with Crippen LogP contribution in [-0.2, 0) is 10.0 Å². The molecule has 0 spiro atoms. The molecule has 3 N–H and O–H groups in total. The standard InChI is InChI=1S/C11H18N2O3S/c1-11(2,3)16-8-5-6-10(9(12)7-8)17(14,15)13-4/h5-7,13H,12H2,1-4H3. The van der Waals surface area contributed by atoms with E-state index in [0.29, 0.717) is 5.75 Å².